The van der Waals surface area contributed by atoms with Crippen LogP contribution in [0, 0.1) is 6.07 Å². The topological polar surface area (TPSA) is 88.8 Å². The van der Waals surface area contributed by atoms with Gasteiger partial charge >= 0.3 is 0 Å². The Morgan fingerprint density at radius 3 is 2.78 bits per heavy atom. The predicted octanol–water partition coefficient (Wildman–Crippen LogP) is 4.88. The molecule has 3 aromatic carbocycles. The van der Waals surface area contributed by atoms with Gasteiger partial charge in [-0.1, -0.05) is 54.6 Å². The van der Waals surface area contributed by atoms with Crippen molar-refractivity contribution in [3.63, 3.8) is 0 Å². The summed E-state index contributed by atoms with van der Waals surface area (Å²) in [6.07, 6.45) is 4.34. The molecular weight excluding hydrogens is 426 g/mol. The van der Waals surface area contributed by atoms with Crippen molar-refractivity contribution in [1.82, 2.24) is 0 Å². The summed E-state index contributed by atoms with van der Waals surface area (Å²) in [6.45, 7) is 0.352. The Morgan fingerprint density at radius 1 is 1.09 bits per heavy atom. The van der Waals surface area contributed by atoms with Crippen LogP contribution in [0.4, 0.5) is 5.69 Å². The van der Waals surface area contributed by atoms with Gasteiger partial charge in [-0.05, 0) is 35.9 Å². The number of benzene rings is 3. The first-order chi connectivity index (χ1) is 15.5. The van der Waals surface area contributed by atoms with E-state index in [2.05, 4.69) is 10.8 Å². The Kier molecular flexibility index (Phi) is 6.58. The fourth-order valence-electron chi connectivity index (χ4n) is 3.15. The monoisotopic (exact) mass is 448 g/mol. The average Bonchev–Trinajstić information content (AvgIpc) is 3.24. The molecule has 0 amide bonds. The molecule has 0 aliphatic rings. The number of hydrogen-bond donors (Lipinski definition) is 2. The minimum Gasteiger partial charge on any atom is -0.493 e. The number of aliphatic hydroxyl groups is 1. The van der Waals surface area contributed by atoms with E-state index in [9.17, 15) is 13.5 Å². The molecule has 0 aliphatic heterocycles. The number of furan rings is 1. The lowest BCUT2D eigenvalue weighted by Gasteiger charge is -2.09. The molecule has 4 aromatic rings. The zero-order valence-corrected chi connectivity index (χ0v) is 18.0. The van der Waals surface area contributed by atoms with Gasteiger partial charge in [-0.2, -0.15) is 0 Å². The highest BCUT2D eigenvalue weighted by atomic mass is 32.2. The SMILES string of the molecule is O=S(=O)(Nc1cccc(/C=C/[C@H](O)CCOc2[c]cccc2)c1)c1coc2ccccc12. The minimum atomic E-state index is -3.82. The van der Waals surface area contributed by atoms with E-state index < -0.39 is 16.1 Å². The molecule has 4 rings (SSSR count). The van der Waals surface area contributed by atoms with E-state index in [4.69, 9.17) is 9.15 Å². The van der Waals surface area contributed by atoms with Gasteiger partial charge in [0.05, 0.1) is 12.7 Å². The van der Waals surface area contributed by atoms with E-state index in [1.54, 1.807) is 66.7 Å². The Hall–Kier alpha value is -3.55. The van der Waals surface area contributed by atoms with Crippen LogP contribution >= 0.6 is 0 Å². The van der Waals surface area contributed by atoms with Crippen LogP contribution in [-0.2, 0) is 10.0 Å². The Balaban J connectivity index is 1.38. The number of rotatable bonds is 9. The zero-order valence-electron chi connectivity index (χ0n) is 17.1. The third kappa shape index (κ3) is 5.38. The standard InChI is InChI=1S/C25H22NO5S/c27-21(15-16-30-22-9-2-1-3-10-22)14-13-19-7-6-8-20(17-19)26-32(28,29)25-18-31-24-12-5-4-11-23(24)25/h1-9,11-14,17-18,21,26-27H,15-16H2/b14-13+/t21-/m0/s1. The lowest BCUT2D eigenvalue weighted by atomic mass is 10.1. The zero-order chi connectivity index (χ0) is 22.4. The highest BCUT2D eigenvalue weighted by Crippen LogP contribution is 2.27. The summed E-state index contributed by atoms with van der Waals surface area (Å²) in [7, 11) is -3.82. The summed E-state index contributed by atoms with van der Waals surface area (Å²) in [5.41, 5.74) is 1.67. The summed E-state index contributed by atoms with van der Waals surface area (Å²) in [6, 6.07) is 24.1. The van der Waals surface area contributed by atoms with E-state index >= 15 is 0 Å². The maximum absolute atomic E-state index is 12.8. The van der Waals surface area contributed by atoms with Crippen molar-refractivity contribution in [3.05, 3.63) is 96.8 Å². The molecule has 2 N–H and O–H groups in total. The van der Waals surface area contributed by atoms with E-state index in [0.717, 1.165) is 5.56 Å². The van der Waals surface area contributed by atoms with Crippen LogP contribution in [-0.4, -0.2) is 26.2 Å². The summed E-state index contributed by atoms with van der Waals surface area (Å²) in [4.78, 5) is 0.0835. The summed E-state index contributed by atoms with van der Waals surface area (Å²) >= 11 is 0. The third-order valence-electron chi connectivity index (χ3n) is 4.74. The molecule has 7 heteroatoms. The van der Waals surface area contributed by atoms with Crippen molar-refractivity contribution in [2.75, 3.05) is 11.3 Å². The Labute approximate surface area is 186 Å². The number of anilines is 1. The smallest absolute Gasteiger partial charge is 0.265 e. The Morgan fingerprint density at radius 2 is 1.94 bits per heavy atom. The van der Waals surface area contributed by atoms with E-state index in [1.807, 2.05) is 18.2 Å². The molecule has 0 saturated carbocycles. The van der Waals surface area contributed by atoms with Crippen LogP contribution in [0.25, 0.3) is 17.0 Å². The molecule has 163 valence electrons. The van der Waals surface area contributed by atoms with Crippen molar-refractivity contribution in [3.8, 4) is 5.75 Å². The largest absolute Gasteiger partial charge is 0.493 e. The highest BCUT2D eigenvalue weighted by molar-refractivity contribution is 7.93. The molecule has 1 atom stereocenters. The second-order valence-electron chi connectivity index (χ2n) is 7.12. The Bertz CT molecular complexity index is 1310. The lowest BCUT2D eigenvalue weighted by Crippen LogP contribution is -2.12. The highest BCUT2D eigenvalue weighted by Gasteiger charge is 2.20. The van der Waals surface area contributed by atoms with Crippen LogP contribution in [0.2, 0.25) is 0 Å². The number of aliphatic hydroxyl groups excluding tert-OH is 1. The quantitative estimate of drug-likeness (QED) is 0.381. The van der Waals surface area contributed by atoms with Crippen LogP contribution in [0.5, 0.6) is 5.75 Å². The van der Waals surface area contributed by atoms with Crippen molar-refractivity contribution < 1.29 is 22.7 Å². The molecule has 0 aliphatic carbocycles. The number of fused-ring (bicyclic) bond motifs is 1. The first kappa shape index (κ1) is 21.7. The van der Waals surface area contributed by atoms with Crippen molar-refractivity contribution >= 4 is 32.8 Å². The van der Waals surface area contributed by atoms with Crippen LogP contribution in [0.3, 0.4) is 0 Å². The maximum Gasteiger partial charge on any atom is 0.265 e. The normalized spacial score (nSPS) is 12.8. The number of para-hydroxylation sites is 2. The molecule has 6 nitrogen and oxygen atoms in total. The van der Waals surface area contributed by atoms with Gasteiger partial charge in [0.15, 0.2) is 0 Å². The van der Waals surface area contributed by atoms with Gasteiger partial charge in [-0.15, -0.1) is 0 Å². The van der Waals surface area contributed by atoms with Crippen LogP contribution in [0.15, 0.2) is 94.4 Å². The maximum atomic E-state index is 12.8. The van der Waals surface area contributed by atoms with Gasteiger partial charge in [0.25, 0.3) is 10.0 Å². The lowest BCUT2D eigenvalue weighted by molar-refractivity contribution is 0.179. The number of ether oxygens (including phenoxy) is 1. The molecule has 0 bridgehead atoms. The first-order valence-electron chi connectivity index (χ1n) is 10.1. The summed E-state index contributed by atoms with van der Waals surface area (Å²) in [5.74, 6) is 0.633. The number of sulfonamides is 1. The van der Waals surface area contributed by atoms with Gasteiger partial charge in [0, 0.05) is 23.6 Å². The van der Waals surface area contributed by atoms with Gasteiger partial charge < -0.3 is 14.3 Å². The number of hydrogen-bond acceptors (Lipinski definition) is 5. The van der Waals surface area contributed by atoms with Gasteiger partial charge in [0.2, 0.25) is 0 Å². The second-order valence-corrected chi connectivity index (χ2v) is 8.77. The number of nitrogens with one attached hydrogen (secondary N) is 1. The van der Waals surface area contributed by atoms with E-state index in [1.165, 1.54) is 6.26 Å². The third-order valence-corrected chi connectivity index (χ3v) is 6.14. The van der Waals surface area contributed by atoms with Gasteiger partial charge in [-0.25, -0.2) is 8.42 Å². The molecular formula is C25H22NO5S. The molecule has 0 unspecified atom stereocenters. The van der Waals surface area contributed by atoms with Crippen LogP contribution < -0.4 is 9.46 Å². The van der Waals surface area contributed by atoms with Gasteiger partial charge in [-0.3, -0.25) is 4.72 Å². The van der Waals surface area contributed by atoms with E-state index in [-0.39, 0.29) is 4.90 Å². The molecule has 1 heterocycles. The molecule has 32 heavy (non-hydrogen) atoms. The first-order valence-corrected chi connectivity index (χ1v) is 11.5. The van der Waals surface area contributed by atoms with Crippen molar-refractivity contribution in [2.45, 2.75) is 17.4 Å². The fraction of sp³-hybridized carbons (Fsp3) is 0.120. The van der Waals surface area contributed by atoms with Crippen molar-refractivity contribution in [2.24, 2.45) is 0 Å². The van der Waals surface area contributed by atoms with Crippen LogP contribution in [0.1, 0.15) is 12.0 Å². The van der Waals surface area contributed by atoms with Crippen molar-refractivity contribution in [1.29, 1.82) is 0 Å². The van der Waals surface area contributed by atoms with E-state index in [0.29, 0.717) is 35.4 Å². The van der Waals surface area contributed by atoms with Gasteiger partial charge in [0.1, 0.15) is 22.5 Å². The fourth-order valence-corrected chi connectivity index (χ4v) is 4.33. The minimum absolute atomic E-state index is 0.0835. The molecule has 0 spiro atoms. The predicted molar refractivity (Wildman–Crippen MR) is 124 cm³/mol. The second kappa shape index (κ2) is 9.72. The molecule has 1 radical (unpaired) electrons. The molecule has 0 saturated heterocycles. The molecule has 1 aromatic heterocycles. The summed E-state index contributed by atoms with van der Waals surface area (Å²) in [5, 5.41) is 10.7. The molecule has 0 fully saturated rings. The average molecular weight is 449 g/mol. The summed E-state index contributed by atoms with van der Waals surface area (Å²) < 4.78 is 39.2.